The van der Waals surface area contributed by atoms with Crippen LogP contribution in [0, 0.1) is 0 Å². The zero-order chi connectivity index (χ0) is 12.0. The molecule has 2 aliphatic rings. The first-order valence-corrected chi connectivity index (χ1v) is 7.17. The largest absolute Gasteiger partial charge is 0.381 e. The quantitative estimate of drug-likeness (QED) is 0.729. The van der Waals surface area contributed by atoms with Gasteiger partial charge in [0.2, 0.25) is 0 Å². The van der Waals surface area contributed by atoms with E-state index in [1.165, 1.54) is 0 Å². The third-order valence-corrected chi connectivity index (χ3v) is 3.54. The third kappa shape index (κ3) is 2.06. The average molecular weight is 252 g/mol. The number of fused-ring (bicyclic) bond motifs is 2. The maximum absolute atomic E-state index is 11.3. The predicted octanol–water partition coefficient (Wildman–Crippen LogP) is 0.389. The Morgan fingerprint density at radius 3 is 2.81 bits per heavy atom. The Hall–Kier alpha value is 0.0300. The van der Waals surface area contributed by atoms with Crippen LogP contribution < -0.4 is 0 Å². The minimum absolute atomic E-state index is 0.152. The molecule has 0 spiro atoms. The lowest BCUT2D eigenvalue weighted by atomic mass is 10.00. The summed E-state index contributed by atoms with van der Waals surface area (Å²) < 4.78 is 32.9. The summed E-state index contributed by atoms with van der Waals surface area (Å²) in [6, 6.07) is 0. The summed E-state index contributed by atoms with van der Waals surface area (Å²) in [5.41, 5.74) is -0.743. The second kappa shape index (κ2) is 4.05. The Morgan fingerprint density at radius 1 is 1.62 bits per heavy atom. The summed E-state index contributed by atoms with van der Waals surface area (Å²) in [4.78, 5) is 9.29. The van der Waals surface area contributed by atoms with E-state index in [1.54, 1.807) is 7.11 Å². The number of ether oxygens (including phenoxy) is 3. The van der Waals surface area contributed by atoms with Gasteiger partial charge in [0.05, 0.1) is 19.3 Å². The summed E-state index contributed by atoms with van der Waals surface area (Å²) in [6.07, 6.45) is -0.987. The van der Waals surface area contributed by atoms with Gasteiger partial charge in [-0.05, 0) is 6.92 Å². The van der Waals surface area contributed by atoms with E-state index in [2.05, 4.69) is 0 Å². The van der Waals surface area contributed by atoms with E-state index in [1.807, 2.05) is 6.92 Å². The standard InChI is InChI=1S/C9H17O6P/c1-6-7-8(15-16(3,10)11)9(14-6,4-12-2)5-13-7/h6-8H,4-5H2,1-3H3,(H,10,11)/t6?,7?,8-,9?/m0/s1. The third-order valence-electron chi connectivity index (χ3n) is 2.92. The van der Waals surface area contributed by atoms with Gasteiger partial charge in [0.15, 0.2) is 0 Å². The highest BCUT2D eigenvalue weighted by Crippen LogP contribution is 2.49. The smallest absolute Gasteiger partial charge is 0.325 e. The number of methoxy groups -OCH3 is 1. The van der Waals surface area contributed by atoms with Crippen LogP contribution in [0.1, 0.15) is 6.92 Å². The molecule has 0 saturated carbocycles. The molecular formula is C9H17O6P. The van der Waals surface area contributed by atoms with Gasteiger partial charge in [-0.25, -0.2) is 0 Å². The minimum Gasteiger partial charge on any atom is -0.381 e. The van der Waals surface area contributed by atoms with Crippen molar-refractivity contribution in [2.45, 2.75) is 30.8 Å². The molecule has 0 aromatic rings. The van der Waals surface area contributed by atoms with E-state index in [-0.39, 0.29) is 12.2 Å². The molecule has 4 unspecified atom stereocenters. The monoisotopic (exact) mass is 252 g/mol. The fourth-order valence-corrected chi connectivity index (χ4v) is 3.13. The van der Waals surface area contributed by atoms with E-state index >= 15 is 0 Å². The topological polar surface area (TPSA) is 74.2 Å². The van der Waals surface area contributed by atoms with Crippen molar-refractivity contribution in [1.82, 2.24) is 0 Å². The lowest BCUT2D eigenvalue weighted by Gasteiger charge is -2.29. The van der Waals surface area contributed by atoms with Crippen LogP contribution in [0.5, 0.6) is 0 Å². The second-order valence-corrected chi connectivity index (χ2v) is 6.24. The van der Waals surface area contributed by atoms with Gasteiger partial charge in [-0.3, -0.25) is 9.09 Å². The van der Waals surface area contributed by atoms with E-state index in [0.29, 0.717) is 13.2 Å². The molecule has 6 nitrogen and oxygen atoms in total. The molecule has 94 valence electrons. The van der Waals surface area contributed by atoms with Crippen molar-refractivity contribution >= 4 is 7.60 Å². The van der Waals surface area contributed by atoms with Crippen LogP contribution in [0.3, 0.4) is 0 Å². The fraction of sp³-hybridized carbons (Fsp3) is 1.00. The van der Waals surface area contributed by atoms with Crippen LogP contribution in [-0.4, -0.2) is 55.8 Å². The van der Waals surface area contributed by atoms with E-state index in [9.17, 15) is 9.46 Å². The lowest BCUT2D eigenvalue weighted by molar-refractivity contribution is -0.158. The van der Waals surface area contributed by atoms with Gasteiger partial charge in [0.1, 0.15) is 17.8 Å². The maximum Gasteiger partial charge on any atom is 0.325 e. The van der Waals surface area contributed by atoms with Crippen molar-refractivity contribution in [3.8, 4) is 0 Å². The molecular weight excluding hydrogens is 235 g/mol. The highest BCUT2D eigenvalue weighted by molar-refractivity contribution is 7.51. The Kier molecular flexibility index (Phi) is 3.16. The van der Waals surface area contributed by atoms with Crippen LogP contribution >= 0.6 is 7.60 Å². The van der Waals surface area contributed by atoms with Crippen molar-refractivity contribution in [2.24, 2.45) is 0 Å². The molecule has 16 heavy (non-hydrogen) atoms. The Balaban J connectivity index is 2.19. The van der Waals surface area contributed by atoms with Crippen molar-refractivity contribution < 1.29 is 28.2 Å². The van der Waals surface area contributed by atoms with Crippen molar-refractivity contribution in [1.29, 1.82) is 0 Å². The van der Waals surface area contributed by atoms with Gasteiger partial charge >= 0.3 is 7.60 Å². The molecule has 2 saturated heterocycles. The Bertz CT molecular complexity index is 315. The number of hydrogen-bond acceptors (Lipinski definition) is 5. The molecule has 2 aliphatic heterocycles. The summed E-state index contributed by atoms with van der Waals surface area (Å²) in [6.45, 7) is 3.64. The molecule has 2 heterocycles. The number of hydrogen-bond donors (Lipinski definition) is 1. The highest BCUT2D eigenvalue weighted by atomic mass is 31.2. The van der Waals surface area contributed by atoms with Crippen molar-refractivity contribution in [2.75, 3.05) is 27.0 Å². The summed E-state index contributed by atoms with van der Waals surface area (Å²) in [5, 5.41) is 0. The van der Waals surface area contributed by atoms with Gasteiger partial charge in [-0.1, -0.05) is 0 Å². The van der Waals surface area contributed by atoms with Gasteiger partial charge in [0, 0.05) is 13.8 Å². The summed E-state index contributed by atoms with van der Waals surface area (Å²) >= 11 is 0. The zero-order valence-corrected chi connectivity index (χ0v) is 10.5. The molecule has 2 bridgehead atoms. The van der Waals surface area contributed by atoms with E-state index < -0.39 is 19.3 Å². The lowest BCUT2D eigenvalue weighted by Crippen LogP contribution is -2.45. The molecule has 0 aromatic heterocycles. The molecule has 0 radical (unpaired) electrons. The minimum atomic E-state index is -3.56. The average Bonchev–Trinajstić information content (AvgIpc) is 2.54. The van der Waals surface area contributed by atoms with Gasteiger partial charge < -0.3 is 19.1 Å². The molecule has 5 atom stereocenters. The molecule has 2 rings (SSSR count). The predicted molar refractivity (Wildman–Crippen MR) is 55.5 cm³/mol. The summed E-state index contributed by atoms with van der Waals surface area (Å²) in [5.74, 6) is 0. The van der Waals surface area contributed by atoms with Crippen LogP contribution in [0.2, 0.25) is 0 Å². The molecule has 2 fully saturated rings. The van der Waals surface area contributed by atoms with Crippen LogP contribution in [-0.2, 0) is 23.3 Å². The second-order valence-electron chi connectivity index (χ2n) is 4.43. The van der Waals surface area contributed by atoms with Crippen molar-refractivity contribution in [3.05, 3.63) is 0 Å². The molecule has 7 heteroatoms. The first-order chi connectivity index (χ1) is 7.38. The van der Waals surface area contributed by atoms with Crippen LogP contribution in [0.4, 0.5) is 0 Å². The first-order valence-electron chi connectivity index (χ1n) is 5.15. The van der Waals surface area contributed by atoms with E-state index in [4.69, 9.17) is 18.7 Å². The van der Waals surface area contributed by atoms with Crippen LogP contribution in [0.25, 0.3) is 0 Å². The van der Waals surface area contributed by atoms with Gasteiger partial charge in [0.25, 0.3) is 0 Å². The van der Waals surface area contributed by atoms with Gasteiger partial charge in [-0.2, -0.15) is 0 Å². The maximum atomic E-state index is 11.3. The molecule has 0 aromatic carbocycles. The summed E-state index contributed by atoms with van der Waals surface area (Å²) in [7, 11) is -2.01. The normalized spacial score (nSPS) is 45.9. The Morgan fingerprint density at radius 2 is 2.31 bits per heavy atom. The van der Waals surface area contributed by atoms with Crippen molar-refractivity contribution in [3.63, 3.8) is 0 Å². The first kappa shape index (κ1) is 12.5. The zero-order valence-electron chi connectivity index (χ0n) is 9.58. The number of rotatable bonds is 4. The molecule has 1 N–H and O–H groups in total. The molecule has 0 amide bonds. The SMILES string of the molecule is COCC12COC(C(C)O1)[C@@H]2OP(C)(=O)O. The van der Waals surface area contributed by atoms with Gasteiger partial charge in [-0.15, -0.1) is 0 Å². The molecule has 0 aliphatic carbocycles. The fourth-order valence-electron chi connectivity index (χ4n) is 2.40. The van der Waals surface area contributed by atoms with Crippen LogP contribution in [0.15, 0.2) is 0 Å². The van der Waals surface area contributed by atoms with E-state index in [0.717, 1.165) is 6.66 Å². The highest BCUT2D eigenvalue weighted by Gasteiger charge is 2.62. The Labute approximate surface area is 94.4 Å².